The molecule has 3 rings (SSSR count). The Labute approximate surface area is 163 Å². The summed E-state index contributed by atoms with van der Waals surface area (Å²) in [6, 6.07) is 23.6. The summed E-state index contributed by atoms with van der Waals surface area (Å²) >= 11 is 0. The normalized spacial score (nSPS) is 10.7. The fraction of sp³-hybridized carbons (Fsp3) is 0.304. The van der Waals surface area contributed by atoms with E-state index in [1.807, 2.05) is 0 Å². The number of likely N-dealkylation sites (N-methyl/N-ethyl adjacent to an activating group) is 1. The van der Waals surface area contributed by atoms with E-state index in [1.165, 1.54) is 21.9 Å². The number of fused-ring (bicyclic) bond motifs is 1. The molecule has 3 aromatic rings. The van der Waals surface area contributed by atoms with Crippen molar-refractivity contribution in [2.75, 3.05) is 26.2 Å². The minimum Gasteiger partial charge on any atom is -1.00 e. The molecule has 26 heavy (non-hydrogen) atoms. The molecular formula is C23H28ClNO. The van der Waals surface area contributed by atoms with Crippen LogP contribution in [0.15, 0.2) is 66.7 Å². The van der Waals surface area contributed by atoms with Crippen molar-refractivity contribution >= 4 is 10.8 Å². The highest BCUT2D eigenvalue weighted by Gasteiger charge is 2.07. The summed E-state index contributed by atoms with van der Waals surface area (Å²) in [4.78, 5) is 1.58. The Balaban J connectivity index is 0.00000243. The molecule has 2 nitrogen and oxygen atoms in total. The molecule has 0 saturated heterocycles. The zero-order chi connectivity index (χ0) is 17.5. The molecule has 0 spiro atoms. The van der Waals surface area contributed by atoms with Gasteiger partial charge in [-0.05, 0) is 41.8 Å². The van der Waals surface area contributed by atoms with E-state index in [0.29, 0.717) is 0 Å². The van der Waals surface area contributed by atoms with Gasteiger partial charge in [0.1, 0.15) is 18.9 Å². The standard InChI is InChI=1S/C23H27NO.ClH/c1-3-24(4-2)15-16-25-23-12-8-7-11-22(23)18-19-13-14-20-9-5-6-10-21(20)17-19;/h5-14,17H,3-4,15-16,18H2,1-2H3;1H. The van der Waals surface area contributed by atoms with Crippen molar-refractivity contribution in [1.82, 2.24) is 0 Å². The van der Waals surface area contributed by atoms with E-state index >= 15 is 0 Å². The lowest BCUT2D eigenvalue weighted by Gasteiger charge is -2.17. The van der Waals surface area contributed by atoms with Crippen LogP contribution in [0.25, 0.3) is 10.8 Å². The Morgan fingerprint density at radius 2 is 1.50 bits per heavy atom. The molecule has 0 aliphatic rings. The first-order valence-corrected chi connectivity index (χ1v) is 9.32. The molecule has 0 atom stereocenters. The molecule has 0 aliphatic carbocycles. The Morgan fingerprint density at radius 3 is 2.27 bits per heavy atom. The van der Waals surface area contributed by atoms with Crippen LogP contribution in [0.1, 0.15) is 25.0 Å². The maximum Gasteiger partial charge on any atom is 0.137 e. The van der Waals surface area contributed by atoms with Gasteiger partial charge in [-0.15, -0.1) is 0 Å². The summed E-state index contributed by atoms with van der Waals surface area (Å²) < 4.78 is 6.11. The molecule has 0 aromatic heterocycles. The van der Waals surface area contributed by atoms with Gasteiger partial charge in [-0.2, -0.15) is 0 Å². The van der Waals surface area contributed by atoms with E-state index in [9.17, 15) is 0 Å². The van der Waals surface area contributed by atoms with Gasteiger partial charge in [0.2, 0.25) is 0 Å². The Bertz CT molecular complexity index is 814. The predicted octanol–water partition coefficient (Wildman–Crippen LogP) is 0.738. The van der Waals surface area contributed by atoms with Crippen LogP contribution in [-0.4, -0.2) is 26.2 Å². The van der Waals surface area contributed by atoms with Crippen LogP contribution in [0, 0.1) is 0 Å². The lowest BCUT2D eigenvalue weighted by atomic mass is 10.0. The Hall–Kier alpha value is -2.03. The number of benzene rings is 3. The molecule has 0 unspecified atom stereocenters. The summed E-state index contributed by atoms with van der Waals surface area (Å²) in [5.41, 5.74) is 2.58. The first-order chi connectivity index (χ1) is 12.3. The second kappa shape index (κ2) is 10.2. The highest BCUT2D eigenvalue weighted by Crippen LogP contribution is 2.23. The zero-order valence-corrected chi connectivity index (χ0v) is 16.4. The average molecular weight is 370 g/mol. The molecule has 0 bridgehead atoms. The monoisotopic (exact) mass is 369 g/mol. The minimum absolute atomic E-state index is 0. The first kappa shape index (κ1) is 20.3. The van der Waals surface area contributed by atoms with E-state index in [-0.39, 0.29) is 12.4 Å². The zero-order valence-electron chi connectivity index (χ0n) is 15.7. The van der Waals surface area contributed by atoms with Crippen molar-refractivity contribution in [3.8, 4) is 5.75 Å². The van der Waals surface area contributed by atoms with Crippen LogP contribution in [-0.2, 0) is 6.42 Å². The molecule has 3 aromatic carbocycles. The highest BCUT2D eigenvalue weighted by atomic mass is 35.5. The molecule has 0 heterocycles. The van der Waals surface area contributed by atoms with E-state index in [2.05, 4.69) is 80.6 Å². The molecule has 0 aliphatic heterocycles. The maximum absolute atomic E-state index is 6.11. The van der Waals surface area contributed by atoms with Crippen LogP contribution in [0.4, 0.5) is 0 Å². The molecule has 0 radical (unpaired) electrons. The van der Waals surface area contributed by atoms with Gasteiger partial charge in [-0.1, -0.05) is 60.7 Å². The second-order valence-electron chi connectivity index (χ2n) is 6.52. The highest BCUT2D eigenvalue weighted by molar-refractivity contribution is 5.83. The molecule has 0 fully saturated rings. The van der Waals surface area contributed by atoms with Crippen LogP contribution in [0.3, 0.4) is 0 Å². The third-order valence-electron chi connectivity index (χ3n) is 4.89. The Kier molecular flexibility index (Phi) is 7.96. The van der Waals surface area contributed by atoms with Crippen molar-refractivity contribution < 1.29 is 22.0 Å². The van der Waals surface area contributed by atoms with Gasteiger partial charge in [0.15, 0.2) is 0 Å². The van der Waals surface area contributed by atoms with Crippen LogP contribution >= 0.6 is 0 Å². The topological polar surface area (TPSA) is 13.7 Å². The number of rotatable bonds is 8. The van der Waals surface area contributed by atoms with Crippen molar-refractivity contribution in [2.45, 2.75) is 20.3 Å². The number of ether oxygens (including phenoxy) is 1. The van der Waals surface area contributed by atoms with Crippen LogP contribution in [0.5, 0.6) is 5.75 Å². The van der Waals surface area contributed by atoms with Crippen LogP contribution in [0.2, 0.25) is 0 Å². The van der Waals surface area contributed by atoms with Gasteiger partial charge in [0.05, 0.1) is 13.1 Å². The summed E-state index contributed by atoms with van der Waals surface area (Å²) in [5, 5.41) is 2.58. The number of para-hydroxylation sites is 1. The van der Waals surface area contributed by atoms with Crippen molar-refractivity contribution in [3.63, 3.8) is 0 Å². The molecule has 138 valence electrons. The minimum atomic E-state index is 0. The van der Waals surface area contributed by atoms with Gasteiger partial charge in [-0.3, -0.25) is 0 Å². The molecule has 0 saturated carbocycles. The van der Waals surface area contributed by atoms with E-state index < -0.39 is 0 Å². The van der Waals surface area contributed by atoms with Gasteiger partial charge in [0, 0.05) is 6.42 Å². The average Bonchev–Trinajstić information content (AvgIpc) is 2.66. The van der Waals surface area contributed by atoms with Gasteiger partial charge in [0.25, 0.3) is 0 Å². The molecule has 3 heteroatoms. The lowest BCUT2D eigenvalue weighted by molar-refractivity contribution is -0.896. The van der Waals surface area contributed by atoms with Gasteiger partial charge >= 0.3 is 0 Å². The summed E-state index contributed by atoms with van der Waals surface area (Å²) in [6.07, 6.45) is 0.902. The first-order valence-electron chi connectivity index (χ1n) is 9.32. The maximum atomic E-state index is 6.11. The number of hydrogen-bond acceptors (Lipinski definition) is 1. The smallest absolute Gasteiger partial charge is 0.137 e. The summed E-state index contributed by atoms with van der Waals surface area (Å²) in [7, 11) is 0. The fourth-order valence-electron chi connectivity index (χ4n) is 3.27. The second-order valence-corrected chi connectivity index (χ2v) is 6.52. The van der Waals surface area contributed by atoms with Gasteiger partial charge < -0.3 is 22.0 Å². The SMILES string of the molecule is CC[NH+](CC)CCOc1ccccc1Cc1ccc2ccccc2c1.[Cl-]. The Morgan fingerprint density at radius 1 is 0.808 bits per heavy atom. The van der Waals surface area contributed by atoms with E-state index in [1.54, 1.807) is 4.90 Å². The molecule has 0 amide bonds. The van der Waals surface area contributed by atoms with Crippen molar-refractivity contribution in [1.29, 1.82) is 0 Å². The molecular weight excluding hydrogens is 342 g/mol. The third kappa shape index (κ3) is 5.23. The van der Waals surface area contributed by atoms with E-state index in [0.717, 1.165) is 38.4 Å². The lowest BCUT2D eigenvalue weighted by Crippen LogP contribution is -3.12. The number of quaternary nitrogens is 1. The van der Waals surface area contributed by atoms with Crippen molar-refractivity contribution in [3.05, 3.63) is 77.9 Å². The molecule has 1 N–H and O–H groups in total. The summed E-state index contributed by atoms with van der Waals surface area (Å²) in [6.45, 7) is 8.58. The quantitative estimate of drug-likeness (QED) is 0.618. The fourth-order valence-corrected chi connectivity index (χ4v) is 3.27. The predicted molar refractivity (Wildman–Crippen MR) is 106 cm³/mol. The summed E-state index contributed by atoms with van der Waals surface area (Å²) in [5.74, 6) is 1.02. The van der Waals surface area contributed by atoms with E-state index in [4.69, 9.17) is 4.74 Å². The number of nitrogens with one attached hydrogen (secondary N) is 1. The number of hydrogen-bond donors (Lipinski definition) is 1. The van der Waals surface area contributed by atoms with Crippen molar-refractivity contribution in [2.24, 2.45) is 0 Å². The van der Waals surface area contributed by atoms with Gasteiger partial charge in [-0.25, -0.2) is 0 Å². The third-order valence-corrected chi connectivity index (χ3v) is 4.89. The largest absolute Gasteiger partial charge is 1.00 e. The number of halogens is 1. The van der Waals surface area contributed by atoms with Crippen LogP contribution < -0.4 is 22.0 Å².